The molecule has 1 aliphatic rings. The Morgan fingerprint density at radius 1 is 1.26 bits per heavy atom. The third kappa shape index (κ3) is 3.37. The molecule has 2 rings (SSSR count). The average Bonchev–Trinajstić information content (AvgIpc) is 2.85. The van der Waals surface area contributed by atoms with Crippen LogP contribution in [0.25, 0.3) is 6.08 Å². The highest BCUT2D eigenvalue weighted by atomic mass is 16.5. The first-order valence-corrected chi connectivity index (χ1v) is 6.52. The van der Waals surface area contributed by atoms with Crippen LogP contribution in [0.4, 0.5) is 0 Å². The van der Waals surface area contributed by atoms with E-state index < -0.39 is 0 Å². The van der Waals surface area contributed by atoms with Crippen molar-refractivity contribution in [2.75, 3.05) is 13.7 Å². The average molecular weight is 259 g/mol. The smallest absolute Gasteiger partial charge is 0.209 e. The van der Waals surface area contributed by atoms with Crippen LogP contribution in [0.1, 0.15) is 26.3 Å². The van der Waals surface area contributed by atoms with Gasteiger partial charge in [0.05, 0.1) is 13.2 Å². The molecule has 0 saturated heterocycles. The minimum absolute atomic E-state index is 0.139. The van der Waals surface area contributed by atoms with E-state index in [9.17, 15) is 0 Å². The molecule has 0 bridgehead atoms. The second-order valence-electron chi connectivity index (χ2n) is 5.74. The number of para-hydroxylation sites is 1. The van der Waals surface area contributed by atoms with Crippen LogP contribution in [0.3, 0.4) is 0 Å². The Morgan fingerprint density at radius 2 is 2.00 bits per heavy atom. The second-order valence-corrected chi connectivity index (χ2v) is 5.74. The van der Waals surface area contributed by atoms with Crippen LogP contribution in [0, 0.1) is 5.41 Å². The van der Waals surface area contributed by atoms with Crippen LogP contribution in [-0.2, 0) is 4.74 Å². The maximum Gasteiger partial charge on any atom is 0.209 e. The van der Waals surface area contributed by atoms with Gasteiger partial charge >= 0.3 is 0 Å². The van der Waals surface area contributed by atoms with E-state index in [1.54, 1.807) is 7.11 Å². The number of hydrogen-bond donors (Lipinski definition) is 0. The van der Waals surface area contributed by atoms with Crippen LogP contribution in [-0.4, -0.2) is 25.7 Å². The molecular weight excluding hydrogens is 238 g/mol. The summed E-state index contributed by atoms with van der Waals surface area (Å²) in [4.78, 5) is 4.60. The molecule has 102 valence electrons. The Morgan fingerprint density at radius 3 is 2.63 bits per heavy atom. The van der Waals surface area contributed by atoms with Gasteiger partial charge in [-0.25, -0.2) is 4.99 Å². The van der Waals surface area contributed by atoms with Gasteiger partial charge in [0, 0.05) is 11.6 Å². The Hall–Kier alpha value is -1.77. The van der Waals surface area contributed by atoms with Gasteiger partial charge in [0.15, 0.2) is 0 Å². The van der Waals surface area contributed by atoms with Crippen molar-refractivity contribution in [1.82, 2.24) is 0 Å². The van der Waals surface area contributed by atoms with Crippen molar-refractivity contribution in [2.24, 2.45) is 10.4 Å². The number of aliphatic imine (C=N–C) groups is 1. The van der Waals surface area contributed by atoms with Gasteiger partial charge in [-0.15, -0.1) is 0 Å². The van der Waals surface area contributed by atoms with Crippen molar-refractivity contribution in [2.45, 2.75) is 26.8 Å². The number of hydrogen-bond acceptors (Lipinski definition) is 3. The highest BCUT2D eigenvalue weighted by Gasteiger charge is 2.29. The molecule has 0 saturated carbocycles. The predicted molar refractivity (Wildman–Crippen MR) is 78.7 cm³/mol. The quantitative estimate of drug-likeness (QED) is 0.831. The summed E-state index contributed by atoms with van der Waals surface area (Å²) in [6, 6.07) is 8.11. The van der Waals surface area contributed by atoms with Crippen LogP contribution in [0.5, 0.6) is 5.75 Å². The van der Waals surface area contributed by atoms with Gasteiger partial charge < -0.3 is 9.47 Å². The van der Waals surface area contributed by atoms with Crippen molar-refractivity contribution in [1.29, 1.82) is 0 Å². The first-order valence-electron chi connectivity index (χ1n) is 6.52. The molecule has 3 heteroatoms. The topological polar surface area (TPSA) is 30.8 Å². The molecule has 0 aromatic heterocycles. The molecule has 0 N–H and O–H groups in total. The van der Waals surface area contributed by atoms with E-state index in [4.69, 9.17) is 9.47 Å². The maximum atomic E-state index is 5.61. The summed E-state index contributed by atoms with van der Waals surface area (Å²) in [6.07, 6.45) is 3.88. The Bertz CT molecular complexity index is 498. The van der Waals surface area contributed by atoms with E-state index in [0.29, 0.717) is 12.5 Å². The van der Waals surface area contributed by atoms with Crippen molar-refractivity contribution in [3.8, 4) is 5.75 Å². The molecule has 3 nitrogen and oxygen atoms in total. The lowest BCUT2D eigenvalue weighted by molar-refractivity contribution is 0.236. The molecular formula is C16H21NO2. The Balaban J connectivity index is 2.12. The van der Waals surface area contributed by atoms with Gasteiger partial charge in [0.2, 0.25) is 5.90 Å². The van der Waals surface area contributed by atoms with E-state index in [1.165, 1.54) is 0 Å². The summed E-state index contributed by atoms with van der Waals surface area (Å²) in [5.74, 6) is 1.55. The number of nitrogens with zero attached hydrogens (tertiary/aromatic N) is 1. The molecule has 0 amide bonds. The zero-order valence-electron chi connectivity index (χ0n) is 12.0. The monoisotopic (exact) mass is 259 g/mol. The number of methoxy groups -OCH3 is 1. The van der Waals surface area contributed by atoms with E-state index in [2.05, 4.69) is 25.8 Å². The summed E-state index contributed by atoms with van der Waals surface area (Å²) in [5.41, 5.74) is 1.16. The maximum absolute atomic E-state index is 5.61. The first-order chi connectivity index (χ1) is 9.00. The molecule has 1 heterocycles. The van der Waals surface area contributed by atoms with Gasteiger partial charge in [-0.1, -0.05) is 39.0 Å². The fourth-order valence-electron chi connectivity index (χ4n) is 1.89. The number of rotatable bonds is 3. The van der Waals surface area contributed by atoms with Gasteiger partial charge in [-0.3, -0.25) is 0 Å². The van der Waals surface area contributed by atoms with Crippen molar-refractivity contribution >= 4 is 12.0 Å². The summed E-state index contributed by atoms with van der Waals surface area (Å²) in [7, 11) is 1.67. The summed E-state index contributed by atoms with van der Waals surface area (Å²) >= 11 is 0. The largest absolute Gasteiger partial charge is 0.496 e. The van der Waals surface area contributed by atoms with E-state index in [0.717, 1.165) is 11.3 Å². The zero-order valence-corrected chi connectivity index (χ0v) is 12.0. The molecule has 1 aromatic carbocycles. The zero-order chi connectivity index (χ0) is 13.9. The van der Waals surface area contributed by atoms with Crippen LogP contribution >= 0.6 is 0 Å². The number of ether oxygens (including phenoxy) is 2. The summed E-state index contributed by atoms with van der Waals surface area (Å²) < 4.78 is 10.9. The van der Waals surface area contributed by atoms with Crippen LogP contribution in [0.2, 0.25) is 0 Å². The van der Waals surface area contributed by atoms with Gasteiger partial charge in [-0.05, 0) is 17.6 Å². The Labute approximate surface area is 115 Å². The van der Waals surface area contributed by atoms with E-state index in [1.807, 2.05) is 36.4 Å². The third-order valence-electron chi connectivity index (χ3n) is 3.22. The van der Waals surface area contributed by atoms with Crippen LogP contribution < -0.4 is 4.74 Å². The van der Waals surface area contributed by atoms with Crippen molar-refractivity contribution in [3.05, 3.63) is 35.9 Å². The highest BCUT2D eigenvalue weighted by Crippen LogP contribution is 2.26. The normalized spacial score (nSPS) is 19.4. The van der Waals surface area contributed by atoms with Crippen molar-refractivity contribution in [3.63, 3.8) is 0 Å². The predicted octanol–water partition coefficient (Wildman–Crippen LogP) is 3.55. The molecule has 0 radical (unpaired) electrons. The molecule has 19 heavy (non-hydrogen) atoms. The van der Waals surface area contributed by atoms with Gasteiger partial charge in [-0.2, -0.15) is 0 Å². The minimum atomic E-state index is 0.139. The Kier molecular flexibility index (Phi) is 3.93. The molecule has 0 unspecified atom stereocenters. The minimum Gasteiger partial charge on any atom is -0.496 e. The SMILES string of the molecule is COc1ccccc1/C=C/C1=N[C@@H](C(C)(C)C)CO1. The second kappa shape index (κ2) is 5.47. The molecule has 0 fully saturated rings. The summed E-state index contributed by atoms with van der Waals surface area (Å²) in [5, 5.41) is 0. The lowest BCUT2D eigenvalue weighted by Crippen LogP contribution is -2.25. The fourth-order valence-corrected chi connectivity index (χ4v) is 1.89. The van der Waals surface area contributed by atoms with Gasteiger partial charge in [0.25, 0.3) is 0 Å². The molecule has 0 aliphatic carbocycles. The highest BCUT2D eigenvalue weighted by molar-refractivity contribution is 5.93. The molecule has 1 aromatic rings. The standard InChI is InChI=1S/C16H21NO2/c1-16(2,3)14-11-19-15(17-14)10-9-12-7-5-6-8-13(12)18-4/h5-10,14H,11H2,1-4H3/b10-9+/t14-/m1/s1. The molecule has 1 atom stereocenters. The lowest BCUT2D eigenvalue weighted by Gasteiger charge is -2.21. The lowest BCUT2D eigenvalue weighted by atomic mass is 9.88. The van der Waals surface area contributed by atoms with Gasteiger partial charge in [0.1, 0.15) is 12.4 Å². The molecule has 0 spiro atoms. The third-order valence-corrected chi connectivity index (χ3v) is 3.22. The van der Waals surface area contributed by atoms with Crippen molar-refractivity contribution < 1.29 is 9.47 Å². The van der Waals surface area contributed by atoms with E-state index in [-0.39, 0.29) is 11.5 Å². The van der Waals surface area contributed by atoms with Crippen LogP contribution in [0.15, 0.2) is 35.3 Å². The molecule has 1 aliphatic heterocycles. The fraction of sp³-hybridized carbons (Fsp3) is 0.438. The summed E-state index contributed by atoms with van der Waals surface area (Å²) in [6.45, 7) is 7.20. The first kappa shape index (κ1) is 13.7. The number of benzene rings is 1. The van der Waals surface area contributed by atoms with E-state index >= 15 is 0 Å².